The lowest BCUT2D eigenvalue weighted by Crippen LogP contribution is -2.43. The van der Waals surface area contributed by atoms with Crippen molar-refractivity contribution >= 4 is 11.6 Å². The number of nitrogens with zero attached hydrogens (tertiary/aromatic N) is 3. The lowest BCUT2D eigenvalue weighted by molar-refractivity contribution is 0.0772. The average Bonchev–Trinajstić information content (AvgIpc) is 3.29. The zero-order valence-electron chi connectivity index (χ0n) is 20.5. The normalized spacial score (nSPS) is 13.9. The van der Waals surface area contributed by atoms with Crippen molar-refractivity contribution in [3.05, 3.63) is 95.4 Å². The van der Waals surface area contributed by atoms with E-state index in [4.69, 9.17) is 14.0 Å². The molecule has 0 aliphatic carbocycles. The van der Waals surface area contributed by atoms with Crippen LogP contribution in [0.15, 0.2) is 77.4 Å². The second kappa shape index (κ2) is 10.7. The maximum absolute atomic E-state index is 13.6. The second-order valence-corrected chi connectivity index (χ2v) is 8.96. The van der Waals surface area contributed by atoms with Crippen LogP contribution in [-0.2, 0) is 11.3 Å². The molecular weight excluding hydrogens is 454 g/mol. The predicted molar refractivity (Wildman–Crippen MR) is 137 cm³/mol. The molecule has 0 N–H and O–H groups in total. The summed E-state index contributed by atoms with van der Waals surface area (Å²) in [6.07, 6.45) is 3.18. The molecule has 36 heavy (non-hydrogen) atoms. The molecule has 184 valence electrons. The Morgan fingerprint density at radius 3 is 2.56 bits per heavy atom. The lowest BCUT2D eigenvalue weighted by atomic mass is 10.0. The molecule has 0 saturated carbocycles. The number of para-hydroxylation sites is 1. The first-order chi connectivity index (χ1) is 17.6. The van der Waals surface area contributed by atoms with Crippen LogP contribution in [0.2, 0.25) is 0 Å². The van der Waals surface area contributed by atoms with Crippen molar-refractivity contribution < 1.29 is 18.8 Å². The van der Waals surface area contributed by atoms with E-state index in [1.807, 2.05) is 67.3 Å². The molecule has 7 nitrogen and oxygen atoms in total. The Hall–Kier alpha value is -3.97. The van der Waals surface area contributed by atoms with Gasteiger partial charge in [-0.05, 0) is 51.0 Å². The van der Waals surface area contributed by atoms with E-state index >= 15 is 0 Å². The highest BCUT2D eigenvalue weighted by atomic mass is 16.5. The van der Waals surface area contributed by atoms with Gasteiger partial charge in [-0.2, -0.15) is 0 Å². The van der Waals surface area contributed by atoms with E-state index in [2.05, 4.69) is 16.2 Å². The first-order valence-corrected chi connectivity index (χ1v) is 12.2. The van der Waals surface area contributed by atoms with E-state index in [1.165, 1.54) is 0 Å². The molecule has 5 rings (SSSR count). The average molecular weight is 484 g/mol. The van der Waals surface area contributed by atoms with Crippen LogP contribution in [0.25, 0.3) is 11.3 Å². The van der Waals surface area contributed by atoms with Crippen molar-refractivity contribution in [2.75, 3.05) is 18.1 Å². The summed E-state index contributed by atoms with van der Waals surface area (Å²) in [5.74, 6) is 1.05. The van der Waals surface area contributed by atoms with Gasteiger partial charge in [0.2, 0.25) is 5.88 Å². The summed E-state index contributed by atoms with van der Waals surface area (Å²) >= 11 is 0. The van der Waals surface area contributed by atoms with Gasteiger partial charge in [0.1, 0.15) is 18.1 Å². The Morgan fingerprint density at radius 1 is 1.03 bits per heavy atom. The molecule has 2 aromatic carbocycles. The smallest absolute Gasteiger partial charge is 0.260 e. The third-order valence-corrected chi connectivity index (χ3v) is 6.43. The summed E-state index contributed by atoms with van der Waals surface area (Å²) in [4.78, 5) is 19.8. The van der Waals surface area contributed by atoms with Gasteiger partial charge >= 0.3 is 0 Å². The summed E-state index contributed by atoms with van der Waals surface area (Å²) in [6.45, 7) is 5.48. The van der Waals surface area contributed by atoms with Crippen LogP contribution in [0.1, 0.15) is 40.1 Å². The van der Waals surface area contributed by atoms with Crippen LogP contribution in [0, 0.1) is 13.8 Å². The number of hydrogen-bond acceptors (Lipinski definition) is 6. The molecule has 2 aromatic heterocycles. The van der Waals surface area contributed by atoms with Gasteiger partial charge in [0.05, 0.1) is 11.1 Å². The molecule has 0 atom stereocenters. The van der Waals surface area contributed by atoms with Crippen molar-refractivity contribution in [1.29, 1.82) is 0 Å². The molecule has 7 heteroatoms. The highest BCUT2D eigenvalue weighted by Crippen LogP contribution is 2.28. The Labute approximate surface area is 210 Å². The predicted octanol–water partition coefficient (Wildman–Crippen LogP) is 5.76. The number of rotatable bonds is 7. The van der Waals surface area contributed by atoms with E-state index in [-0.39, 0.29) is 18.6 Å². The fourth-order valence-electron chi connectivity index (χ4n) is 4.48. The van der Waals surface area contributed by atoms with Gasteiger partial charge in [0.25, 0.3) is 5.91 Å². The number of ether oxygens (including phenoxy) is 2. The number of hydrogen-bond donors (Lipinski definition) is 0. The summed E-state index contributed by atoms with van der Waals surface area (Å²) in [5, 5.41) is 4.23. The van der Waals surface area contributed by atoms with Crippen LogP contribution >= 0.6 is 0 Å². The standard InChI is InChI=1S/C29H29N3O4/c1-20-7-6-8-22(17-20)28-26(21(2)36-31-28)19-35-27-12-11-23(18-30-27)29(33)32(24-9-4-3-5-10-24)25-13-15-34-16-14-25/h3-12,17-18,25H,13-16,19H2,1-2H3. The number of amides is 1. The summed E-state index contributed by atoms with van der Waals surface area (Å²) in [7, 11) is 0. The molecule has 1 fully saturated rings. The number of anilines is 1. The lowest BCUT2D eigenvalue weighted by Gasteiger charge is -2.34. The van der Waals surface area contributed by atoms with E-state index in [9.17, 15) is 4.79 Å². The molecule has 0 spiro atoms. The summed E-state index contributed by atoms with van der Waals surface area (Å²) in [6, 6.07) is 21.5. The minimum Gasteiger partial charge on any atom is -0.473 e. The zero-order chi connectivity index (χ0) is 24.9. The fourth-order valence-corrected chi connectivity index (χ4v) is 4.48. The minimum atomic E-state index is -0.0798. The van der Waals surface area contributed by atoms with Crippen molar-refractivity contribution in [3.8, 4) is 17.1 Å². The van der Waals surface area contributed by atoms with Crippen molar-refractivity contribution in [1.82, 2.24) is 10.1 Å². The highest BCUT2D eigenvalue weighted by Gasteiger charge is 2.28. The van der Waals surface area contributed by atoms with Gasteiger partial charge in [-0.3, -0.25) is 4.79 Å². The zero-order valence-corrected chi connectivity index (χ0v) is 20.5. The molecule has 4 aromatic rings. The van der Waals surface area contributed by atoms with E-state index < -0.39 is 0 Å². The summed E-state index contributed by atoms with van der Waals surface area (Å²) in [5.41, 5.74) is 5.15. The molecule has 1 amide bonds. The van der Waals surface area contributed by atoms with Gasteiger partial charge in [-0.1, -0.05) is 47.1 Å². The number of carbonyl (C=O) groups is 1. The fraction of sp³-hybridized carbons (Fsp3) is 0.276. The molecule has 1 aliphatic heterocycles. The molecule has 3 heterocycles. The molecule has 0 bridgehead atoms. The molecule has 1 saturated heterocycles. The topological polar surface area (TPSA) is 77.7 Å². The van der Waals surface area contributed by atoms with Crippen molar-refractivity contribution in [2.24, 2.45) is 0 Å². The molecule has 0 radical (unpaired) electrons. The number of pyridine rings is 1. The number of aromatic nitrogens is 2. The van der Waals surface area contributed by atoms with Crippen LogP contribution in [-0.4, -0.2) is 35.3 Å². The van der Waals surface area contributed by atoms with Crippen LogP contribution in [0.4, 0.5) is 5.69 Å². The van der Waals surface area contributed by atoms with E-state index in [1.54, 1.807) is 18.3 Å². The van der Waals surface area contributed by atoms with Crippen molar-refractivity contribution in [3.63, 3.8) is 0 Å². The van der Waals surface area contributed by atoms with E-state index in [0.29, 0.717) is 30.4 Å². The molecular formula is C29H29N3O4. The number of aryl methyl sites for hydroxylation is 2. The van der Waals surface area contributed by atoms with Crippen molar-refractivity contribution in [2.45, 2.75) is 39.3 Å². The second-order valence-electron chi connectivity index (χ2n) is 8.96. The third-order valence-electron chi connectivity index (χ3n) is 6.43. The number of benzene rings is 2. The van der Waals surface area contributed by atoms with Gasteiger partial charge in [0.15, 0.2) is 0 Å². The maximum atomic E-state index is 13.6. The minimum absolute atomic E-state index is 0.0798. The molecule has 0 unspecified atom stereocenters. The summed E-state index contributed by atoms with van der Waals surface area (Å²) < 4.78 is 16.9. The number of carbonyl (C=O) groups excluding carboxylic acids is 1. The van der Waals surface area contributed by atoms with Crippen LogP contribution in [0.3, 0.4) is 0 Å². The van der Waals surface area contributed by atoms with Gasteiger partial charge in [-0.15, -0.1) is 0 Å². The van der Waals surface area contributed by atoms with Gasteiger partial charge in [-0.25, -0.2) is 4.98 Å². The Bertz CT molecular complexity index is 1310. The Morgan fingerprint density at radius 2 is 1.83 bits per heavy atom. The Balaban J connectivity index is 1.32. The Kier molecular flexibility index (Phi) is 7.09. The SMILES string of the molecule is Cc1cccc(-c2noc(C)c2COc2ccc(C(=O)N(c3ccccc3)C3CCOCC3)cn2)c1. The van der Waals surface area contributed by atoms with Crippen LogP contribution < -0.4 is 9.64 Å². The monoisotopic (exact) mass is 483 g/mol. The quantitative estimate of drug-likeness (QED) is 0.333. The van der Waals surface area contributed by atoms with Gasteiger partial charge < -0.3 is 18.9 Å². The first-order valence-electron chi connectivity index (χ1n) is 12.2. The maximum Gasteiger partial charge on any atom is 0.260 e. The molecule has 1 aliphatic rings. The third kappa shape index (κ3) is 5.16. The highest BCUT2D eigenvalue weighted by molar-refractivity contribution is 6.06. The van der Waals surface area contributed by atoms with Crippen LogP contribution in [0.5, 0.6) is 5.88 Å². The van der Waals surface area contributed by atoms with Gasteiger partial charge in [0, 0.05) is 42.8 Å². The first kappa shape index (κ1) is 23.8. The van der Waals surface area contributed by atoms with E-state index in [0.717, 1.165) is 40.9 Å². The largest absolute Gasteiger partial charge is 0.473 e.